The Kier molecular flexibility index (Phi) is 23.5. The first-order valence-corrected chi connectivity index (χ1v) is 30.7. The fraction of sp³-hybridized carbons (Fsp3) is 0.778. The minimum absolute atomic E-state index is 0.00321. The predicted molar refractivity (Wildman–Crippen MR) is 308 cm³/mol. The van der Waals surface area contributed by atoms with Gasteiger partial charge in [-0.25, -0.2) is 0 Å². The van der Waals surface area contributed by atoms with Gasteiger partial charge in [-0.3, -0.25) is 19.2 Å². The molecule has 6 fully saturated rings. The number of halogens is 1. The second-order valence-corrected chi connectivity index (χ2v) is 26.4. The van der Waals surface area contributed by atoms with Gasteiger partial charge in [0.15, 0.2) is 17.4 Å². The first-order valence-electron chi connectivity index (χ1n) is 30.3. The second kappa shape index (κ2) is 29.0. The monoisotopic (exact) mass is 1220 g/mol. The minimum atomic E-state index is -2.40. The van der Waals surface area contributed by atoms with Crippen LogP contribution in [0.3, 0.4) is 0 Å². The van der Waals surface area contributed by atoms with E-state index in [4.69, 9.17) is 59.0 Å². The number of esters is 3. The Morgan fingerprint density at radius 2 is 1.47 bits per heavy atom. The van der Waals surface area contributed by atoms with Gasteiger partial charge >= 0.3 is 17.9 Å². The molecule has 6 saturated heterocycles. The number of allylic oxidation sites excluding steroid dienone is 3. The lowest BCUT2D eigenvalue weighted by molar-refractivity contribution is -0.351. The third-order valence-electron chi connectivity index (χ3n) is 18.3. The van der Waals surface area contributed by atoms with E-state index in [9.17, 15) is 54.9 Å². The summed E-state index contributed by atoms with van der Waals surface area (Å²) in [4.78, 5) is 54.3. The number of Topliss-reactive ketones (excluding diaryl/α,β-unsaturated/α-hetero) is 1. The Hall–Kier alpha value is -3.49. The van der Waals surface area contributed by atoms with Gasteiger partial charge in [0.25, 0.3) is 0 Å². The van der Waals surface area contributed by atoms with Gasteiger partial charge in [0, 0.05) is 108 Å². The van der Waals surface area contributed by atoms with Crippen LogP contribution in [0.25, 0.3) is 0 Å². The number of fused-ring (bicyclic) bond motifs is 8. The smallest absolute Gasteiger partial charge is 0.308 e. The third-order valence-corrected chi connectivity index (χ3v) is 18.4. The van der Waals surface area contributed by atoms with Gasteiger partial charge in [0.1, 0.15) is 36.3 Å². The normalized spacial score (nSPS) is 44.5. The quantitative estimate of drug-likeness (QED) is 0.0611. The Morgan fingerprint density at radius 1 is 0.812 bits per heavy atom. The van der Waals surface area contributed by atoms with Crippen molar-refractivity contribution >= 4 is 35.3 Å². The molecule has 24 atom stereocenters. The molecule has 2 spiro atoms. The Labute approximate surface area is 505 Å². The highest BCUT2D eigenvalue weighted by Crippen LogP contribution is 2.48. The van der Waals surface area contributed by atoms with Crippen LogP contribution in [-0.2, 0) is 66.5 Å². The summed E-state index contributed by atoms with van der Waals surface area (Å²) < 4.78 is 63.4. The fourth-order valence-electron chi connectivity index (χ4n) is 14.1. The number of carbonyl (C=O) groups excluding carboxylic acids is 4. The number of ketones is 1. The molecule has 22 heteroatoms. The lowest BCUT2D eigenvalue weighted by atomic mass is 9.78. The molecule has 0 radical (unpaired) electrons. The zero-order valence-electron chi connectivity index (χ0n) is 50.7. The SMILES string of the molecule is C=C(Cl)/C=C/[C@@H](O)CC(=C)C[C@H]1O[C@@H]2[C@H](C)[C@@H](OC(=O)C[C@H]3C[C@H](OC(C)=O)C[C@@]4(C[C@@](C)(O)C[C@H](CC(=C)[C@@H](C)[C@H](OC(C)=O)[C@H](C)C(=O)C[C@@H]5C[C@H](OC)C[C@@]6(C[C@@H](O)C[C@H](/C=C\CCCC7O[C@](O)(C[C@H](O)[C@H]7C)[C@H]2O)O6)O5)O4)O3)[C@@H]1O. The average molecular weight is 1220 g/mol. The third kappa shape index (κ3) is 18.1. The summed E-state index contributed by atoms with van der Waals surface area (Å²) in [5.74, 6) is -10.7. The molecule has 10 bridgehead atoms. The van der Waals surface area contributed by atoms with Crippen LogP contribution < -0.4 is 0 Å². The van der Waals surface area contributed by atoms with Crippen molar-refractivity contribution in [2.45, 2.75) is 278 Å². The van der Waals surface area contributed by atoms with E-state index in [1.807, 2.05) is 12.2 Å². The van der Waals surface area contributed by atoms with Gasteiger partial charge in [0.2, 0.25) is 0 Å². The summed E-state index contributed by atoms with van der Waals surface area (Å²) in [5.41, 5.74) is -0.508. The van der Waals surface area contributed by atoms with Crippen LogP contribution in [-0.4, -0.2) is 187 Å². The molecule has 0 amide bonds. The molecule has 0 aromatic carbocycles. The van der Waals surface area contributed by atoms with Gasteiger partial charge in [-0.2, -0.15) is 0 Å². The molecule has 7 aliphatic rings. The van der Waals surface area contributed by atoms with Crippen molar-refractivity contribution < 1.29 is 102 Å². The van der Waals surface area contributed by atoms with E-state index in [-0.39, 0.29) is 81.1 Å². The molecule has 0 saturated carbocycles. The maximum Gasteiger partial charge on any atom is 0.308 e. The first kappa shape index (κ1) is 69.0. The molecular weight excluding hydrogens is 1130 g/mol. The van der Waals surface area contributed by atoms with Crippen molar-refractivity contribution in [3.63, 3.8) is 0 Å². The summed E-state index contributed by atoms with van der Waals surface area (Å²) in [6.07, 6.45) is -8.69. The number of hydrogen-bond donors (Lipinski definition) is 7. The lowest BCUT2D eigenvalue weighted by Gasteiger charge is -2.52. The Morgan fingerprint density at radius 3 is 2.15 bits per heavy atom. The number of aliphatic hydroxyl groups excluding tert-OH is 5. The highest BCUT2D eigenvalue weighted by Gasteiger charge is 2.58. The molecule has 0 aromatic heterocycles. The largest absolute Gasteiger partial charge is 0.462 e. The van der Waals surface area contributed by atoms with Crippen LogP contribution >= 0.6 is 11.6 Å². The molecule has 85 heavy (non-hydrogen) atoms. The average Bonchev–Trinajstić information content (AvgIpc) is 1.35. The van der Waals surface area contributed by atoms with Crippen molar-refractivity contribution in [2.75, 3.05) is 7.11 Å². The van der Waals surface area contributed by atoms with Crippen molar-refractivity contribution in [3.05, 3.63) is 60.2 Å². The van der Waals surface area contributed by atoms with E-state index in [1.54, 1.807) is 41.7 Å². The topological polar surface area (TPSA) is 302 Å². The van der Waals surface area contributed by atoms with Gasteiger partial charge in [-0.05, 0) is 51.5 Å². The summed E-state index contributed by atoms with van der Waals surface area (Å²) in [5, 5.41) is 82.6. The molecule has 21 nitrogen and oxygen atoms in total. The van der Waals surface area contributed by atoms with Crippen molar-refractivity contribution in [1.82, 2.24) is 0 Å². The van der Waals surface area contributed by atoms with Crippen molar-refractivity contribution in [2.24, 2.45) is 23.7 Å². The van der Waals surface area contributed by atoms with E-state index in [2.05, 4.69) is 19.7 Å². The van der Waals surface area contributed by atoms with Crippen LogP contribution in [0.1, 0.15) is 158 Å². The standard InChI is InChI=1S/C63H95ClO21/c1-33(19-42(67)18-17-35(3)64)20-53-55(72)57-39(7)58(79-53)59(73)63(75)31-51(70)37(5)52(85-63)16-14-12-13-15-44-22-43(68)27-61(81-44)29-47(76-11)23-45(82-61)25-50(69)38(6)56(78-41(9)66)36(4)34(2)21-49-28-60(10,74)32-62(84-49)30-48(77-40(8)65)24-46(83-62)26-54(71)80-57/h13,15,17-18,36-39,42-49,51-53,55-59,67-68,70,72-75H,1-3,12,14,16,19-32H2,4-11H3/b15-13-,18-17+/t36-,37-,38-,39-,42-,43+,44+,45+,46-,47+,48+,49+,51+,52?,53-,55-,56+,57-,58-,59+,60+,61-,62-,63-/m1/s1. The van der Waals surface area contributed by atoms with Gasteiger partial charge in [-0.1, -0.05) is 88.4 Å². The van der Waals surface area contributed by atoms with Gasteiger partial charge in [-0.15, -0.1) is 0 Å². The number of methoxy groups -OCH3 is 1. The van der Waals surface area contributed by atoms with Crippen molar-refractivity contribution in [3.8, 4) is 0 Å². The predicted octanol–water partition coefficient (Wildman–Crippen LogP) is 5.91. The number of hydrogen-bond acceptors (Lipinski definition) is 21. The molecular formula is C63H95ClO21. The van der Waals surface area contributed by atoms with Crippen LogP contribution in [0.5, 0.6) is 0 Å². The zero-order chi connectivity index (χ0) is 62.5. The van der Waals surface area contributed by atoms with E-state index in [0.717, 1.165) is 0 Å². The number of rotatable bonds is 9. The Bertz CT molecular complexity index is 2430. The molecule has 1 unspecified atom stereocenters. The molecule has 7 rings (SSSR count). The molecule has 0 aromatic rings. The summed E-state index contributed by atoms with van der Waals surface area (Å²) in [7, 11) is 1.57. The van der Waals surface area contributed by atoms with Gasteiger partial charge < -0.3 is 83.1 Å². The fourth-order valence-corrected chi connectivity index (χ4v) is 14.2. The number of carbonyl (C=O) groups is 4. The number of ether oxygens (including phenoxy) is 10. The van der Waals surface area contributed by atoms with Crippen LogP contribution in [0.15, 0.2) is 60.2 Å². The minimum Gasteiger partial charge on any atom is -0.462 e. The van der Waals surface area contributed by atoms with Crippen LogP contribution in [0.4, 0.5) is 0 Å². The first-order chi connectivity index (χ1) is 39.8. The Balaban J connectivity index is 1.22. The maximum absolute atomic E-state index is 14.5. The van der Waals surface area contributed by atoms with Gasteiger partial charge in [0.05, 0.1) is 85.1 Å². The van der Waals surface area contributed by atoms with E-state index < -0.39 is 169 Å². The molecule has 7 aliphatic heterocycles. The summed E-state index contributed by atoms with van der Waals surface area (Å²) in [6, 6.07) is 0. The summed E-state index contributed by atoms with van der Waals surface area (Å²) in [6.45, 7) is 23.1. The number of aliphatic hydroxyl groups is 7. The van der Waals surface area contributed by atoms with E-state index >= 15 is 0 Å². The van der Waals surface area contributed by atoms with Crippen molar-refractivity contribution in [1.29, 1.82) is 0 Å². The van der Waals surface area contributed by atoms with Crippen LogP contribution in [0, 0.1) is 23.7 Å². The van der Waals surface area contributed by atoms with E-state index in [1.165, 1.54) is 26.0 Å². The van der Waals surface area contributed by atoms with Crippen LogP contribution in [0.2, 0.25) is 0 Å². The zero-order valence-corrected chi connectivity index (χ0v) is 51.5. The molecule has 480 valence electrons. The molecule has 7 heterocycles. The molecule has 7 N–H and O–H groups in total. The maximum atomic E-state index is 14.5. The highest BCUT2D eigenvalue weighted by atomic mass is 35.5. The second-order valence-electron chi connectivity index (χ2n) is 25.9. The highest BCUT2D eigenvalue weighted by molar-refractivity contribution is 6.30. The molecule has 0 aliphatic carbocycles. The van der Waals surface area contributed by atoms with E-state index in [0.29, 0.717) is 43.3 Å². The summed E-state index contributed by atoms with van der Waals surface area (Å²) >= 11 is 5.89. The lowest BCUT2D eigenvalue weighted by Crippen LogP contribution is -2.65.